The monoisotopic (exact) mass is 346 g/mol. The van der Waals surface area contributed by atoms with E-state index in [1.165, 1.54) is 24.0 Å². The second-order valence-corrected chi connectivity index (χ2v) is 7.74. The summed E-state index contributed by atoms with van der Waals surface area (Å²) in [7, 11) is 0. The van der Waals surface area contributed by atoms with Crippen LogP contribution in [0, 0.1) is 19.8 Å². The van der Waals surface area contributed by atoms with Crippen LogP contribution in [0.15, 0.2) is 12.1 Å². The van der Waals surface area contributed by atoms with Crippen LogP contribution < -0.4 is 10.1 Å². The lowest BCUT2D eigenvalue weighted by Gasteiger charge is -2.31. The van der Waals surface area contributed by atoms with Gasteiger partial charge in [0.1, 0.15) is 5.75 Å². The van der Waals surface area contributed by atoms with E-state index in [0.717, 1.165) is 30.3 Å². The number of piperidine rings is 1. The molecule has 2 aliphatic heterocycles. The van der Waals surface area contributed by atoms with Crippen molar-refractivity contribution in [2.75, 3.05) is 26.2 Å². The molecule has 1 aromatic rings. The van der Waals surface area contributed by atoms with E-state index in [1.807, 2.05) is 13.0 Å². The Kier molecular flexibility index (Phi) is 5.64. The first-order chi connectivity index (χ1) is 11.9. The summed E-state index contributed by atoms with van der Waals surface area (Å²) in [5, 5.41) is 13.1. The van der Waals surface area contributed by atoms with Crippen molar-refractivity contribution >= 4 is 5.91 Å². The molecule has 0 aromatic heterocycles. The molecular weight excluding hydrogens is 316 g/mol. The van der Waals surface area contributed by atoms with Crippen molar-refractivity contribution < 1.29 is 14.6 Å². The third-order valence-corrected chi connectivity index (χ3v) is 5.50. The van der Waals surface area contributed by atoms with Crippen molar-refractivity contribution in [3.8, 4) is 5.75 Å². The molecule has 2 atom stereocenters. The molecule has 0 bridgehead atoms. The van der Waals surface area contributed by atoms with Crippen LogP contribution in [-0.2, 0) is 11.2 Å². The largest absolute Gasteiger partial charge is 0.480 e. The van der Waals surface area contributed by atoms with Crippen molar-refractivity contribution in [1.29, 1.82) is 0 Å². The van der Waals surface area contributed by atoms with Gasteiger partial charge in [0.25, 0.3) is 5.91 Å². The van der Waals surface area contributed by atoms with Gasteiger partial charge in [0.05, 0.1) is 6.10 Å². The summed E-state index contributed by atoms with van der Waals surface area (Å²) in [6, 6.07) is 4.11. The molecule has 0 spiro atoms. The number of aliphatic hydroxyl groups is 1. The fourth-order valence-corrected chi connectivity index (χ4v) is 3.60. The Balaban J connectivity index is 1.44. The van der Waals surface area contributed by atoms with Crippen molar-refractivity contribution in [1.82, 2.24) is 10.2 Å². The summed E-state index contributed by atoms with van der Waals surface area (Å²) in [5.74, 6) is 1.45. The Labute approximate surface area is 150 Å². The van der Waals surface area contributed by atoms with Crippen LogP contribution >= 0.6 is 0 Å². The number of ether oxygens (including phenoxy) is 1. The number of hydrogen-bond donors (Lipinski definition) is 2. The Morgan fingerprint density at radius 2 is 2.00 bits per heavy atom. The molecule has 2 N–H and O–H groups in total. The number of amides is 1. The summed E-state index contributed by atoms with van der Waals surface area (Å²) in [4.78, 5) is 14.6. The van der Waals surface area contributed by atoms with E-state index < -0.39 is 12.2 Å². The van der Waals surface area contributed by atoms with Gasteiger partial charge in [-0.15, -0.1) is 0 Å². The number of carbonyl (C=O) groups excluding carboxylic acids is 1. The Bertz CT molecular complexity index is 593. The molecule has 25 heavy (non-hydrogen) atoms. The highest BCUT2D eigenvalue weighted by atomic mass is 16.5. The van der Waals surface area contributed by atoms with Crippen LogP contribution in [-0.4, -0.2) is 54.3 Å². The van der Waals surface area contributed by atoms with E-state index in [9.17, 15) is 9.90 Å². The summed E-state index contributed by atoms with van der Waals surface area (Å²) in [5.41, 5.74) is 3.48. The molecule has 5 nitrogen and oxygen atoms in total. The summed E-state index contributed by atoms with van der Waals surface area (Å²) >= 11 is 0. The molecule has 2 aliphatic rings. The number of rotatable bonds is 5. The molecule has 0 aliphatic carbocycles. The molecular formula is C20H30N2O3. The number of hydrogen-bond acceptors (Lipinski definition) is 4. The lowest BCUT2D eigenvalue weighted by molar-refractivity contribution is -0.127. The van der Waals surface area contributed by atoms with Crippen LogP contribution in [0.3, 0.4) is 0 Å². The molecule has 0 saturated carbocycles. The zero-order chi connectivity index (χ0) is 18.0. The number of nitrogens with zero attached hydrogens (tertiary/aromatic N) is 1. The van der Waals surface area contributed by atoms with Gasteiger partial charge >= 0.3 is 0 Å². The van der Waals surface area contributed by atoms with Gasteiger partial charge < -0.3 is 20.1 Å². The van der Waals surface area contributed by atoms with Gasteiger partial charge in [0, 0.05) is 19.5 Å². The van der Waals surface area contributed by atoms with Crippen LogP contribution in [0.2, 0.25) is 0 Å². The maximum atomic E-state index is 12.4. The smallest absolute Gasteiger partial charge is 0.261 e. The molecule has 5 heteroatoms. The molecule has 1 aromatic carbocycles. The maximum absolute atomic E-state index is 12.4. The number of aliphatic hydroxyl groups excluding tert-OH is 1. The predicted octanol–water partition coefficient (Wildman–Crippen LogP) is 1.82. The Morgan fingerprint density at radius 1 is 1.32 bits per heavy atom. The Morgan fingerprint density at radius 3 is 2.72 bits per heavy atom. The standard InChI is InChI=1S/C20H30N2O3/c1-13-4-6-22(7-5-13)12-17(23)11-21-20(24)19-10-16-8-14(2)15(3)9-18(16)25-19/h8-9,13,17,19,23H,4-7,10-12H2,1-3H3,(H,21,24). The fraction of sp³-hybridized carbons (Fsp3) is 0.650. The van der Waals surface area contributed by atoms with E-state index >= 15 is 0 Å². The SMILES string of the molecule is Cc1cc2c(cc1C)OC(C(=O)NCC(O)CN1CCC(C)CC1)C2. The third kappa shape index (κ3) is 4.53. The predicted molar refractivity (Wildman–Crippen MR) is 97.9 cm³/mol. The molecule has 1 saturated heterocycles. The molecule has 2 heterocycles. The first-order valence-corrected chi connectivity index (χ1v) is 9.37. The van der Waals surface area contributed by atoms with Crippen molar-refractivity contribution in [2.24, 2.45) is 5.92 Å². The minimum Gasteiger partial charge on any atom is -0.480 e. The summed E-state index contributed by atoms with van der Waals surface area (Å²) in [6.45, 7) is 9.36. The molecule has 2 unspecified atom stereocenters. The summed E-state index contributed by atoms with van der Waals surface area (Å²) < 4.78 is 5.79. The van der Waals surface area contributed by atoms with Crippen molar-refractivity contribution in [3.63, 3.8) is 0 Å². The van der Waals surface area contributed by atoms with Crippen LogP contribution in [0.1, 0.15) is 36.5 Å². The molecule has 138 valence electrons. The van der Waals surface area contributed by atoms with Gasteiger partial charge in [-0.25, -0.2) is 0 Å². The number of benzene rings is 1. The van der Waals surface area contributed by atoms with Crippen molar-refractivity contribution in [3.05, 3.63) is 28.8 Å². The van der Waals surface area contributed by atoms with E-state index in [2.05, 4.69) is 30.1 Å². The summed E-state index contributed by atoms with van der Waals surface area (Å²) in [6.07, 6.45) is 1.95. The first kappa shape index (κ1) is 18.2. The number of fused-ring (bicyclic) bond motifs is 1. The second-order valence-electron chi connectivity index (χ2n) is 7.74. The zero-order valence-electron chi connectivity index (χ0n) is 15.5. The highest BCUT2D eigenvalue weighted by Gasteiger charge is 2.30. The first-order valence-electron chi connectivity index (χ1n) is 9.37. The number of carbonyl (C=O) groups is 1. The van der Waals surface area contributed by atoms with Crippen LogP contribution in [0.4, 0.5) is 0 Å². The number of nitrogens with one attached hydrogen (secondary N) is 1. The lowest BCUT2D eigenvalue weighted by atomic mass is 9.99. The lowest BCUT2D eigenvalue weighted by Crippen LogP contribution is -2.45. The minimum absolute atomic E-state index is 0.141. The number of likely N-dealkylation sites (tertiary alicyclic amines) is 1. The molecule has 0 radical (unpaired) electrons. The zero-order valence-corrected chi connectivity index (χ0v) is 15.5. The van der Waals surface area contributed by atoms with Crippen LogP contribution in [0.25, 0.3) is 0 Å². The quantitative estimate of drug-likeness (QED) is 0.854. The minimum atomic E-state index is -0.536. The van der Waals surface area contributed by atoms with Gasteiger partial charge in [-0.3, -0.25) is 4.79 Å². The fourth-order valence-electron chi connectivity index (χ4n) is 3.60. The third-order valence-electron chi connectivity index (χ3n) is 5.50. The van der Waals surface area contributed by atoms with Gasteiger partial charge in [0.15, 0.2) is 6.10 Å². The van der Waals surface area contributed by atoms with Gasteiger partial charge in [0.2, 0.25) is 0 Å². The highest BCUT2D eigenvalue weighted by molar-refractivity contribution is 5.82. The van der Waals surface area contributed by atoms with Gasteiger partial charge in [-0.2, -0.15) is 0 Å². The normalized spacial score (nSPS) is 22.3. The number of aryl methyl sites for hydroxylation is 2. The average molecular weight is 346 g/mol. The average Bonchev–Trinajstić information content (AvgIpc) is 2.98. The Hall–Kier alpha value is -1.59. The van der Waals surface area contributed by atoms with E-state index in [0.29, 0.717) is 13.0 Å². The van der Waals surface area contributed by atoms with E-state index in [4.69, 9.17) is 4.74 Å². The maximum Gasteiger partial charge on any atom is 0.261 e. The van der Waals surface area contributed by atoms with Crippen LogP contribution in [0.5, 0.6) is 5.75 Å². The molecule has 3 rings (SSSR count). The van der Waals surface area contributed by atoms with Gasteiger partial charge in [-0.1, -0.05) is 13.0 Å². The molecule has 1 fully saturated rings. The topological polar surface area (TPSA) is 61.8 Å². The molecule has 1 amide bonds. The highest BCUT2D eigenvalue weighted by Crippen LogP contribution is 2.31. The number of β-amino-alcohol motifs (C(OH)–C–C–N with tert-alkyl or cyclic N) is 1. The van der Waals surface area contributed by atoms with E-state index in [-0.39, 0.29) is 12.5 Å². The van der Waals surface area contributed by atoms with Crippen molar-refractivity contribution in [2.45, 2.75) is 52.2 Å². The van der Waals surface area contributed by atoms with Gasteiger partial charge in [-0.05, 0) is 68.5 Å². The van der Waals surface area contributed by atoms with E-state index in [1.54, 1.807) is 0 Å². The second kappa shape index (κ2) is 7.75.